The molecule has 32 heavy (non-hydrogen) atoms. The Labute approximate surface area is 185 Å². The van der Waals surface area contributed by atoms with Gasteiger partial charge < -0.3 is 4.74 Å². The molecule has 4 aromatic rings. The molecule has 0 aliphatic heterocycles. The fourth-order valence-corrected chi connectivity index (χ4v) is 3.18. The van der Waals surface area contributed by atoms with Crippen LogP contribution in [0.2, 0.25) is 0 Å². The maximum absolute atomic E-state index is 13.4. The van der Waals surface area contributed by atoms with E-state index in [0.717, 1.165) is 11.3 Å². The number of benzene rings is 3. The van der Waals surface area contributed by atoms with Gasteiger partial charge in [-0.05, 0) is 55.5 Å². The van der Waals surface area contributed by atoms with Crippen molar-refractivity contribution in [2.24, 2.45) is 5.10 Å². The van der Waals surface area contributed by atoms with Crippen LogP contribution in [0.15, 0.2) is 90.2 Å². The Kier molecular flexibility index (Phi) is 6.36. The summed E-state index contributed by atoms with van der Waals surface area (Å²) in [5.41, 5.74) is 5.81. The van der Waals surface area contributed by atoms with Crippen LogP contribution >= 0.6 is 0 Å². The maximum Gasteiger partial charge on any atom is 0.275 e. The van der Waals surface area contributed by atoms with Crippen molar-refractivity contribution in [2.45, 2.75) is 6.92 Å². The van der Waals surface area contributed by atoms with Gasteiger partial charge in [0.05, 0.1) is 24.1 Å². The van der Waals surface area contributed by atoms with E-state index in [-0.39, 0.29) is 11.7 Å². The lowest BCUT2D eigenvalue weighted by atomic mass is 10.1. The topological polar surface area (TPSA) is 68.5 Å². The summed E-state index contributed by atoms with van der Waals surface area (Å²) in [6.45, 7) is 2.31. The number of nitrogens with one attached hydrogen (secondary N) is 1. The summed E-state index contributed by atoms with van der Waals surface area (Å²) in [6.07, 6.45) is 3.32. The largest absolute Gasteiger partial charge is 0.493 e. The van der Waals surface area contributed by atoms with Crippen LogP contribution in [-0.2, 0) is 0 Å². The first-order valence-electron chi connectivity index (χ1n) is 10.1. The Balaban J connectivity index is 1.62. The summed E-state index contributed by atoms with van der Waals surface area (Å²) in [4.78, 5) is 12.6. The van der Waals surface area contributed by atoms with Crippen LogP contribution < -0.4 is 10.2 Å². The number of amides is 1. The second-order valence-electron chi connectivity index (χ2n) is 6.85. The summed E-state index contributed by atoms with van der Waals surface area (Å²) in [7, 11) is 0. The second kappa shape index (κ2) is 9.70. The molecule has 0 fully saturated rings. The van der Waals surface area contributed by atoms with Gasteiger partial charge in [0.15, 0.2) is 0 Å². The Morgan fingerprint density at radius 3 is 2.53 bits per heavy atom. The van der Waals surface area contributed by atoms with E-state index in [1.54, 1.807) is 47.3 Å². The predicted octanol–water partition coefficient (Wildman–Crippen LogP) is 4.84. The highest BCUT2D eigenvalue weighted by Gasteiger charge is 2.13. The Morgan fingerprint density at radius 1 is 1.06 bits per heavy atom. The first-order valence-corrected chi connectivity index (χ1v) is 10.1. The third kappa shape index (κ3) is 4.73. The van der Waals surface area contributed by atoms with Crippen LogP contribution in [0.3, 0.4) is 0 Å². The fourth-order valence-electron chi connectivity index (χ4n) is 3.18. The van der Waals surface area contributed by atoms with Gasteiger partial charge in [-0.1, -0.05) is 30.3 Å². The molecule has 0 saturated carbocycles. The SMILES string of the molecule is CCOc1ccccc1C(=O)NN=Cc1cn(-c2ccccc2)nc1-c1ccc(F)cc1. The standard InChI is InChI=1S/C25H21FN4O2/c1-2-32-23-11-7-6-10-22(23)25(31)28-27-16-19-17-30(21-8-4-3-5-9-21)29-24(19)18-12-14-20(26)15-13-18/h3-17H,2H2,1H3,(H,28,31). The Hall–Kier alpha value is -4.26. The van der Waals surface area contributed by atoms with Gasteiger partial charge in [-0.25, -0.2) is 14.5 Å². The molecule has 0 aliphatic carbocycles. The lowest BCUT2D eigenvalue weighted by Gasteiger charge is -2.08. The van der Waals surface area contributed by atoms with Crippen LogP contribution in [0.5, 0.6) is 5.75 Å². The van der Waals surface area contributed by atoms with Crippen LogP contribution in [0.1, 0.15) is 22.8 Å². The highest BCUT2D eigenvalue weighted by atomic mass is 19.1. The van der Waals surface area contributed by atoms with Gasteiger partial charge in [0.2, 0.25) is 0 Å². The van der Waals surface area contributed by atoms with Gasteiger partial charge in [0.1, 0.15) is 17.3 Å². The summed E-state index contributed by atoms with van der Waals surface area (Å²) in [6, 6.07) is 22.6. The summed E-state index contributed by atoms with van der Waals surface area (Å²) in [5.74, 6) is -0.220. The van der Waals surface area contributed by atoms with Gasteiger partial charge >= 0.3 is 0 Å². The van der Waals surface area contributed by atoms with Crippen LogP contribution in [-0.4, -0.2) is 28.5 Å². The van der Waals surface area contributed by atoms with Gasteiger partial charge in [-0.2, -0.15) is 10.2 Å². The zero-order valence-corrected chi connectivity index (χ0v) is 17.4. The summed E-state index contributed by atoms with van der Waals surface area (Å²) >= 11 is 0. The molecule has 1 N–H and O–H groups in total. The van der Waals surface area contributed by atoms with Crippen molar-refractivity contribution in [3.63, 3.8) is 0 Å². The monoisotopic (exact) mass is 428 g/mol. The van der Waals surface area contributed by atoms with E-state index < -0.39 is 0 Å². The molecule has 160 valence electrons. The van der Waals surface area contributed by atoms with Crippen molar-refractivity contribution in [2.75, 3.05) is 6.61 Å². The molecule has 4 rings (SSSR count). The number of hydrazone groups is 1. The van der Waals surface area contributed by atoms with E-state index >= 15 is 0 Å². The third-order valence-corrected chi connectivity index (χ3v) is 4.68. The number of carbonyl (C=O) groups is 1. The second-order valence-corrected chi connectivity index (χ2v) is 6.85. The van der Waals surface area contributed by atoms with Crippen LogP contribution in [0.25, 0.3) is 16.9 Å². The normalized spacial score (nSPS) is 10.9. The molecule has 0 atom stereocenters. The molecule has 0 saturated heterocycles. The van der Waals surface area contributed by atoms with E-state index in [1.807, 2.05) is 37.3 Å². The molecule has 0 spiro atoms. The van der Waals surface area contributed by atoms with Gasteiger partial charge in [0, 0.05) is 17.3 Å². The van der Waals surface area contributed by atoms with Crippen molar-refractivity contribution in [3.05, 3.63) is 102 Å². The summed E-state index contributed by atoms with van der Waals surface area (Å²) in [5, 5.41) is 8.77. The van der Waals surface area contributed by atoms with E-state index in [9.17, 15) is 9.18 Å². The first kappa shape index (κ1) is 21.0. The number of hydrogen-bond donors (Lipinski definition) is 1. The molecule has 6 nitrogen and oxygen atoms in total. The lowest BCUT2D eigenvalue weighted by Crippen LogP contribution is -2.18. The molecular formula is C25H21FN4O2. The van der Waals surface area contributed by atoms with Crippen molar-refractivity contribution in [1.82, 2.24) is 15.2 Å². The maximum atomic E-state index is 13.4. The molecular weight excluding hydrogens is 407 g/mol. The quantitative estimate of drug-likeness (QED) is 0.338. The number of carbonyl (C=O) groups excluding carboxylic acids is 1. The molecule has 1 amide bonds. The predicted molar refractivity (Wildman–Crippen MR) is 122 cm³/mol. The van der Waals surface area contributed by atoms with Crippen molar-refractivity contribution in [3.8, 4) is 22.7 Å². The fraction of sp³-hybridized carbons (Fsp3) is 0.0800. The highest BCUT2D eigenvalue weighted by Crippen LogP contribution is 2.23. The van der Waals surface area contributed by atoms with Gasteiger partial charge in [-0.3, -0.25) is 4.79 Å². The number of para-hydroxylation sites is 2. The minimum absolute atomic E-state index is 0.327. The molecule has 0 bridgehead atoms. The molecule has 7 heteroatoms. The number of rotatable bonds is 7. The third-order valence-electron chi connectivity index (χ3n) is 4.68. The van der Waals surface area contributed by atoms with Crippen molar-refractivity contribution < 1.29 is 13.9 Å². The molecule has 0 radical (unpaired) electrons. The number of hydrogen-bond acceptors (Lipinski definition) is 4. The first-order chi connectivity index (χ1) is 15.7. The van der Waals surface area contributed by atoms with E-state index in [1.165, 1.54) is 18.3 Å². The average molecular weight is 428 g/mol. The van der Waals surface area contributed by atoms with Crippen molar-refractivity contribution >= 4 is 12.1 Å². The number of nitrogens with zero attached hydrogens (tertiary/aromatic N) is 3. The minimum Gasteiger partial charge on any atom is -0.493 e. The Morgan fingerprint density at radius 2 is 1.78 bits per heavy atom. The smallest absolute Gasteiger partial charge is 0.275 e. The van der Waals surface area contributed by atoms with Crippen molar-refractivity contribution in [1.29, 1.82) is 0 Å². The molecule has 0 unspecified atom stereocenters. The molecule has 1 heterocycles. The number of halogens is 1. The zero-order chi connectivity index (χ0) is 22.3. The average Bonchev–Trinajstić information content (AvgIpc) is 3.25. The van der Waals surface area contributed by atoms with E-state index in [4.69, 9.17) is 4.74 Å². The lowest BCUT2D eigenvalue weighted by molar-refractivity contribution is 0.0951. The molecule has 3 aromatic carbocycles. The van der Waals surface area contributed by atoms with Gasteiger partial charge in [-0.15, -0.1) is 0 Å². The highest BCUT2D eigenvalue weighted by molar-refractivity contribution is 5.98. The zero-order valence-electron chi connectivity index (χ0n) is 17.4. The van der Waals surface area contributed by atoms with Crippen LogP contribution in [0, 0.1) is 5.82 Å². The minimum atomic E-state index is -0.385. The van der Waals surface area contributed by atoms with E-state index in [2.05, 4.69) is 15.6 Å². The van der Waals surface area contributed by atoms with E-state index in [0.29, 0.717) is 29.2 Å². The summed E-state index contributed by atoms with van der Waals surface area (Å²) < 4.78 is 20.6. The van der Waals surface area contributed by atoms with Gasteiger partial charge in [0.25, 0.3) is 5.91 Å². The Bertz CT molecular complexity index is 1230. The van der Waals surface area contributed by atoms with Crippen LogP contribution in [0.4, 0.5) is 4.39 Å². The number of ether oxygens (including phenoxy) is 1. The number of aromatic nitrogens is 2. The molecule has 1 aromatic heterocycles. The molecule has 0 aliphatic rings.